The maximum absolute atomic E-state index is 8.88. The molecule has 0 radical (unpaired) electrons. The van der Waals surface area contributed by atoms with Crippen molar-refractivity contribution in [2.75, 3.05) is 13.7 Å². The molecule has 1 aromatic carbocycles. The number of rotatable bonds is 5. The third-order valence-electron chi connectivity index (χ3n) is 2.13. The molecule has 72 valence electrons. The minimum atomic E-state index is -0.0276. The van der Waals surface area contributed by atoms with Gasteiger partial charge >= 0.3 is 0 Å². The highest BCUT2D eigenvalue weighted by Crippen LogP contribution is 2.06. The van der Waals surface area contributed by atoms with Gasteiger partial charge in [-0.3, -0.25) is 0 Å². The maximum atomic E-state index is 8.88. The zero-order valence-electron chi connectivity index (χ0n) is 7.94. The number of aryl methyl sites for hydroxylation is 1. The van der Waals surface area contributed by atoms with Crippen molar-refractivity contribution in [3.05, 3.63) is 35.9 Å². The Kier molecular flexibility index (Phi) is 4.50. The number of aliphatic hydroxyl groups is 1. The van der Waals surface area contributed by atoms with Gasteiger partial charge in [-0.25, -0.2) is 0 Å². The van der Waals surface area contributed by atoms with Crippen LogP contribution >= 0.6 is 0 Å². The number of ether oxygens (including phenoxy) is 1. The smallest absolute Gasteiger partial charge is 0.0805 e. The van der Waals surface area contributed by atoms with Crippen LogP contribution in [0.1, 0.15) is 12.0 Å². The van der Waals surface area contributed by atoms with Gasteiger partial charge in [0.2, 0.25) is 0 Å². The van der Waals surface area contributed by atoms with Gasteiger partial charge < -0.3 is 9.84 Å². The molecule has 1 aromatic rings. The van der Waals surface area contributed by atoms with E-state index in [2.05, 4.69) is 12.1 Å². The Morgan fingerprint density at radius 3 is 2.54 bits per heavy atom. The predicted molar refractivity (Wildman–Crippen MR) is 52.6 cm³/mol. The lowest BCUT2D eigenvalue weighted by atomic mass is 10.1. The maximum Gasteiger partial charge on any atom is 0.0805 e. The SMILES string of the molecule is CO[C@@H](CO)CCc1ccccc1. The van der Waals surface area contributed by atoms with Crippen molar-refractivity contribution in [1.29, 1.82) is 0 Å². The second-order valence-corrected chi connectivity index (χ2v) is 3.06. The standard InChI is InChI=1S/C11H16O2/c1-13-11(9-12)8-7-10-5-3-2-4-6-10/h2-6,11-12H,7-9H2,1H3/t11-/m1/s1. The lowest BCUT2D eigenvalue weighted by Gasteiger charge is -2.11. The van der Waals surface area contributed by atoms with Crippen LogP contribution < -0.4 is 0 Å². The first-order valence-electron chi connectivity index (χ1n) is 4.54. The molecule has 1 N–H and O–H groups in total. The van der Waals surface area contributed by atoms with Crippen molar-refractivity contribution in [2.24, 2.45) is 0 Å². The first-order chi connectivity index (χ1) is 6.36. The molecule has 0 aliphatic rings. The van der Waals surface area contributed by atoms with Crippen LogP contribution in [0.3, 0.4) is 0 Å². The summed E-state index contributed by atoms with van der Waals surface area (Å²) in [6.45, 7) is 0.101. The Bertz CT molecular complexity index is 217. The van der Waals surface area contributed by atoms with Crippen LogP contribution in [0.15, 0.2) is 30.3 Å². The van der Waals surface area contributed by atoms with Crippen LogP contribution in [0.5, 0.6) is 0 Å². The van der Waals surface area contributed by atoms with E-state index < -0.39 is 0 Å². The summed E-state index contributed by atoms with van der Waals surface area (Å²) in [6, 6.07) is 10.2. The Balaban J connectivity index is 2.34. The van der Waals surface area contributed by atoms with Gasteiger partial charge in [-0.05, 0) is 18.4 Å². The van der Waals surface area contributed by atoms with Crippen molar-refractivity contribution in [2.45, 2.75) is 18.9 Å². The number of aliphatic hydroxyl groups excluding tert-OH is 1. The quantitative estimate of drug-likeness (QED) is 0.746. The van der Waals surface area contributed by atoms with Crippen molar-refractivity contribution in [1.82, 2.24) is 0 Å². The summed E-state index contributed by atoms with van der Waals surface area (Å²) >= 11 is 0. The van der Waals surface area contributed by atoms with E-state index in [0.717, 1.165) is 12.8 Å². The molecule has 0 spiro atoms. The average molecular weight is 180 g/mol. The molecule has 0 bridgehead atoms. The first kappa shape index (κ1) is 10.2. The van der Waals surface area contributed by atoms with E-state index in [1.54, 1.807) is 7.11 Å². The largest absolute Gasteiger partial charge is 0.394 e. The molecule has 0 heterocycles. The third kappa shape index (κ3) is 3.57. The molecule has 2 nitrogen and oxygen atoms in total. The Hall–Kier alpha value is -0.860. The monoisotopic (exact) mass is 180 g/mol. The van der Waals surface area contributed by atoms with Gasteiger partial charge in [0.15, 0.2) is 0 Å². The lowest BCUT2D eigenvalue weighted by molar-refractivity contribution is 0.0435. The second-order valence-electron chi connectivity index (χ2n) is 3.06. The number of hydrogen-bond acceptors (Lipinski definition) is 2. The summed E-state index contributed by atoms with van der Waals surface area (Å²) in [5.41, 5.74) is 1.29. The van der Waals surface area contributed by atoms with E-state index in [1.807, 2.05) is 18.2 Å². The molecule has 0 aromatic heterocycles. The highest BCUT2D eigenvalue weighted by molar-refractivity contribution is 5.14. The number of hydrogen-bond donors (Lipinski definition) is 1. The van der Waals surface area contributed by atoms with Crippen molar-refractivity contribution in [3.63, 3.8) is 0 Å². The van der Waals surface area contributed by atoms with Crippen molar-refractivity contribution >= 4 is 0 Å². The normalized spacial score (nSPS) is 12.8. The zero-order valence-corrected chi connectivity index (χ0v) is 7.94. The highest BCUT2D eigenvalue weighted by Gasteiger charge is 2.04. The van der Waals surface area contributed by atoms with E-state index in [9.17, 15) is 0 Å². The summed E-state index contributed by atoms with van der Waals surface area (Å²) in [5.74, 6) is 0. The molecule has 0 saturated carbocycles. The molecule has 0 saturated heterocycles. The third-order valence-corrected chi connectivity index (χ3v) is 2.13. The molecular weight excluding hydrogens is 164 g/mol. The molecule has 0 aliphatic carbocycles. The minimum Gasteiger partial charge on any atom is -0.394 e. The van der Waals surface area contributed by atoms with Gasteiger partial charge in [-0.2, -0.15) is 0 Å². The molecule has 13 heavy (non-hydrogen) atoms. The van der Waals surface area contributed by atoms with Crippen LogP contribution in [-0.4, -0.2) is 24.9 Å². The van der Waals surface area contributed by atoms with Gasteiger partial charge in [0.05, 0.1) is 12.7 Å². The van der Waals surface area contributed by atoms with Crippen LogP contribution in [0.2, 0.25) is 0 Å². The molecule has 0 aliphatic heterocycles. The van der Waals surface area contributed by atoms with Gasteiger partial charge in [-0.15, -0.1) is 0 Å². The topological polar surface area (TPSA) is 29.5 Å². The molecule has 2 heteroatoms. The minimum absolute atomic E-state index is 0.0276. The first-order valence-corrected chi connectivity index (χ1v) is 4.54. The van der Waals surface area contributed by atoms with E-state index in [4.69, 9.17) is 9.84 Å². The van der Waals surface area contributed by atoms with Crippen LogP contribution in [0.4, 0.5) is 0 Å². The Morgan fingerprint density at radius 2 is 2.00 bits per heavy atom. The Morgan fingerprint density at radius 1 is 1.31 bits per heavy atom. The molecule has 1 rings (SSSR count). The fraction of sp³-hybridized carbons (Fsp3) is 0.455. The molecule has 0 amide bonds. The summed E-state index contributed by atoms with van der Waals surface area (Å²) in [6.07, 6.45) is 1.80. The van der Waals surface area contributed by atoms with E-state index >= 15 is 0 Å². The van der Waals surface area contributed by atoms with Crippen LogP contribution in [0, 0.1) is 0 Å². The second kappa shape index (κ2) is 5.73. The van der Waals surface area contributed by atoms with E-state index in [0.29, 0.717) is 0 Å². The number of benzene rings is 1. The molecule has 0 unspecified atom stereocenters. The highest BCUT2D eigenvalue weighted by atomic mass is 16.5. The fourth-order valence-corrected chi connectivity index (χ4v) is 1.26. The molecular formula is C11H16O2. The van der Waals surface area contributed by atoms with Gasteiger partial charge in [0.25, 0.3) is 0 Å². The summed E-state index contributed by atoms with van der Waals surface area (Å²) in [5, 5.41) is 8.88. The fourth-order valence-electron chi connectivity index (χ4n) is 1.26. The Labute approximate surface area is 79.2 Å². The van der Waals surface area contributed by atoms with E-state index in [1.165, 1.54) is 5.56 Å². The van der Waals surface area contributed by atoms with Gasteiger partial charge in [0, 0.05) is 7.11 Å². The summed E-state index contributed by atoms with van der Waals surface area (Å²) in [4.78, 5) is 0. The lowest BCUT2D eigenvalue weighted by Crippen LogP contribution is -2.16. The van der Waals surface area contributed by atoms with Crippen molar-refractivity contribution in [3.8, 4) is 0 Å². The molecule has 1 atom stereocenters. The van der Waals surface area contributed by atoms with Crippen LogP contribution in [0.25, 0.3) is 0 Å². The average Bonchev–Trinajstić information content (AvgIpc) is 2.21. The number of methoxy groups -OCH3 is 1. The predicted octanol–water partition coefficient (Wildman–Crippen LogP) is 1.63. The van der Waals surface area contributed by atoms with Crippen LogP contribution in [-0.2, 0) is 11.2 Å². The van der Waals surface area contributed by atoms with Gasteiger partial charge in [0.1, 0.15) is 0 Å². The summed E-state index contributed by atoms with van der Waals surface area (Å²) < 4.78 is 5.07. The zero-order chi connectivity index (χ0) is 9.52. The molecule has 0 fully saturated rings. The van der Waals surface area contributed by atoms with Crippen molar-refractivity contribution < 1.29 is 9.84 Å². The van der Waals surface area contributed by atoms with Gasteiger partial charge in [-0.1, -0.05) is 30.3 Å². The van der Waals surface area contributed by atoms with E-state index in [-0.39, 0.29) is 12.7 Å². The summed E-state index contributed by atoms with van der Waals surface area (Å²) in [7, 11) is 1.63.